The third-order valence-electron chi connectivity index (χ3n) is 2.97. The molecule has 0 spiro atoms. The summed E-state index contributed by atoms with van der Waals surface area (Å²) in [4.78, 5) is 11.4. The maximum absolute atomic E-state index is 11.4. The van der Waals surface area contributed by atoms with Crippen LogP contribution in [0.4, 0.5) is 4.79 Å². The molecule has 0 aliphatic rings. The molecule has 0 saturated carbocycles. The number of benzene rings is 1. The number of hydrogen-bond acceptors (Lipinski definition) is 1. The summed E-state index contributed by atoms with van der Waals surface area (Å²) in [5, 5.41) is 5.73. The van der Waals surface area contributed by atoms with Gasteiger partial charge in [-0.3, -0.25) is 0 Å². The maximum Gasteiger partial charge on any atom is 0.314 e. The minimum atomic E-state index is -0.0518. The first-order valence-corrected chi connectivity index (χ1v) is 7.15. The Morgan fingerprint density at radius 3 is 2.42 bits per heavy atom. The summed E-state index contributed by atoms with van der Waals surface area (Å²) in [5.74, 6) is 0.493. The van der Waals surface area contributed by atoms with Crippen molar-refractivity contribution < 1.29 is 4.79 Å². The molecule has 1 rings (SSSR count). The average Bonchev–Trinajstić information content (AvgIpc) is 2.38. The van der Waals surface area contributed by atoms with Gasteiger partial charge in [0, 0.05) is 13.1 Å². The molecule has 0 heterocycles. The number of amides is 2. The van der Waals surface area contributed by atoms with Crippen LogP contribution in [0.5, 0.6) is 0 Å². The minimum Gasteiger partial charge on any atom is -0.338 e. The molecule has 106 valence electrons. The van der Waals surface area contributed by atoms with Crippen molar-refractivity contribution in [3.63, 3.8) is 0 Å². The Labute approximate surface area is 116 Å². The molecule has 19 heavy (non-hydrogen) atoms. The summed E-state index contributed by atoms with van der Waals surface area (Å²) in [5.41, 5.74) is 2.67. The van der Waals surface area contributed by atoms with Crippen LogP contribution in [0.15, 0.2) is 24.3 Å². The van der Waals surface area contributed by atoms with Gasteiger partial charge < -0.3 is 10.6 Å². The summed E-state index contributed by atoms with van der Waals surface area (Å²) in [6.07, 6.45) is 3.20. The molecular weight excluding hydrogens is 236 g/mol. The lowest BCUT2D eigenvalue weighted by atomic mass is 10.1. The Morgan fingerprint density at radius 1 is 1.11 bits per heavy atom. The molecule has 1 aromatic rings. The number of nitrogens with one attached hydrogen (secondary N) is 2. The zero-order valence-corrected chi connectivity index (χ0v) is 12.3. The van der Waals surface area contributed by atoms with Crippen LogP contribution in [0.2, 0.25) is 0 Å². The van der Waals surface area contributed by atoms with Gasteiger partial charge in [-0.25, -0.2) is 4.79 Å². The van der Waals surface area contributed by atoms with Crippen molar-refractivity contribution in [3.8, 4) is 0 Å². The summed E-state index contributed by atoms with van der Waals surface area (Å²) >= 11 is 0. The van der Waals surface area contributed by atoms with E-state index in [2.05, 4.69) is 55.7 Å². The SMILES string of the molecule is Cc1ccc(CCCCNC(=O)NCC(C)C)cc1. The van der Waals surface area contributed by atoms with Crippen LogP contribution in [0.1, 0.15) is 37.8 Å². The highest BCUT2D eigenvalue weighted by Gasteiger charge is 2.00. The first-order chi connectivity index (χ1) is 9.08. The van der Waals surface area contributed by atoms with Crippen LogP contribution in [0.3, 0.4) is 0 Å². The number of carbonyl (C=O) groups is 1. The zero-order valence-electron chi connectivity index (χ0n) is 12.3. The number of rotatable bonds is 7. The smallest absolute Gasteiger partial charge is 0.314 e. The summed E-state index contributed by atoms with van der Waals surface area (Å²) in [7, 11) is 0. The molecule has 1 aromatic carbocycles. The van der Waals surface area contributed by atoms with Gasteiger partial charge in [-0.15, -0.1) is 0 Å². The van der Waals surface area contributed by atoms with Crippen LogP contribution in [-0.4, -0.2) is 19.1 Å². The zero-order chi connectivity index (χ0) is 14.1. The lowest BCUT2D eigenvalue weighted by Crippen LogP contribution is -2.37. The molecule has 0 bridgehead atoms. The Bertz CT molecular complexity index is 371. The summed E-state index contributed by atoms with van der Waals surface area (Å²) in [6.45, 7) is 7.75. The third-order valence-corrected chi connectivity index (χ3v) is 2.97. The van der Waals surface area contributed by atoms with Gasteiger partial charge in [-0.05, 0) is 37.7 Å². The number of urea groups is 1. The van der Waals surface area contributed by atoms with E-state index >= 15 is 0 Å². The number of aryl methyl sites for hydroxylation is 2. The number of hydrogen-bond donors (Lipinski definition) is 2. The van der Waals surface area contributed by atoms with Crippen LogP contribution in [0, 0.1) is 12.8 Å². The maximum atomic E-state index is 11.4. The normalized spacial score (nSPS) is 10.5. The van der Waals surface area contributed by atoms with Crippen molar-refractivity contribution in [1.82, 2.24) is 10.6 Å². The van der Waals surface area contributed by atoms with Gasteiger partial charge in [-0.1, -0.05) is 43.7 Å². The van der Waals surface area contributed by atoms with E-state index < -0.39 is 0 Å². The highest BCUT2D eigenvalue weighted by atomic mass is 16.2. The Morgan fingerprint density at radius 2 is 1.79 bits per heavy atom. The van der Waals surface area contributed by atoms with Crippen LogP contribution in [-0.2, 0) is 6.42 Å². The van der Waals surface area contributed by atoms with Crippen molar-refractivity contribution in [1.29, 1.82) is 0 Å². The lowest BCUT2D eigenvalue weighted by Gasteiger charge is -2.09. The van der Waals surface area contributed by atoms with Gasteiger partial charge in [0.05, 0.1) is 0 Å². The van der Waals surface area contributed by atoms with Gasteiger partial charge in [0.2, 0.25) is 0 Å². The standard InChI is InChI=1S/C16H26N2O/c1-13(2)12-18-16(19)17-11-5-4-6-15-9-7-14(3)8-10-15/h7-10,13H,4-6,11-12H2,1-3H3,(H2,17,18,19). The molecule has 0 aliphatic carbocycles. The van der Waals surface area contributed by atoms with Crippen molar-refractivity contribution >= 4 is 6.03 Å². The first-order valence-electron chi connectivity index (χ1n) is 7.15. The Balaban J connectivity index is 2.05. The van der Waals surface area contributed by atoms with Crippen LogP contribution >= 0.6 is 0 Å². The molecule has 3 heteroatoms. The molecule has 0 aromatic heterocycles. The van der Waals surface area contributed by atoms with Gasteiger partial charge in [0.25, 0.3) is 0 Å². The molecule has 0 unspecified atom stereocenters. The third kappa shape index (κ3) is 7.50. The fraction of sp³-hybridized carbons (Fsp3) is 0.562. The van der Waals surface area contributed by atoms with E-state index in [1.807, 2.05) is 0 Å². The molecule has 2 N–H and O–H groups in total. The van der Waals surface area contributed by atoms with Gasteiger partial charge in [-0.2, -0.15) is 0 Å². The van der Waals surface area contributed by atoms with Gasteiger partial charge >= 0.3 is 6.03 Å². The van der Waals surface area contributed by atoms with E-state index in [0.29, 0.717) is 5.92 Å². The molecule has 3 nitrogen and oxygen atoms in total. The number of carbonyl (C=O) groups excluding carboxylic acids is 1. The molecule has 0 radical (unpaired) electrons. The lowest BCUT2D eigenvalue weighted by molar-refractivity contribution is 0.239. The van der Waals surface area contributed by atoms with E-state index in [0.717, 1.165) is 32.4 Å². The van der Waals surface area contributed by atoms with E-state index in [-0.39, 0.29) is 6.03 Å². The second-order valence-electron chi connectivity index (χ2n) is 5.47. The quantitative estimate of drug-likeness (QED) is 0.727. The van der Waals surface area contributed by atoms with Crippen molar-refractivity contribution in [2.45, 2.75) is 40.0 Å². The Kier molecular flexibility index (Phi) is 7.01. The predicted octanol–water partition coefficient (Wildman–Crippen LogP) is 3.27. The molecule has 0 aliphatic heterocycles. The van der Waals surface area contributed by atoms with E-state index in [4.69, 9.17) is 0 Å². The first kappa shape index (κ1) is 15.5. The van der Waals surface area contributed by atoms with E-state index in [9.17, 15) is 4.79 Å². The highest BCUT2D eigenvalue weighted by molar-refractivity contribution is 5.73. The largest absolute Gasteiger partial charge is 0.338 e. The summed E-state index contributed by atoms with van der Waals surface area (Å²) < 4.78 is 0. The molecular formula is C16H26N2O. The summed E-state index contributed by atoms with van der Waals surface area (Å²) in [6, 6.07) is 8.60. The van der Waals surface area contributed by atoms with Crippen LogP contribution in [0.25, 0.3) is 0 Å². The topological polar surface area (TPSA) is 41.1 Å². The monoisotopic (exact) mass is 262 g/mol. The average molecular weight is 262 g/mol. The second kappa shape index (κ2) is 8.57. The molecule has 0 saturated heterocycles. The molecule has 0 atom stereocenters. The number of unbranched alkanes of at least 4 members (excludes halogenated alkanes) is 1. The van der Waals surface area contributed by atoms with E-state index in [1.165, 1.54) is 11.1 Å². The molecule has 0 fully saturated rings. The van der Waals surface area contributed by atoms with E-state index in [1.54, 1.807) is 0 Å². The Hall–Kier alpha value is -1.51. The fourth-order valence-electron chi connectivity index (χ4n) is 1.77. The van der Waals surface area contributed by atoms with Crippen LogP contribution < -0.4 is 10.6 Å². The fourth-order valence-corrected chi connectivity index (χ4v) is 1.77. The van der Waals surface area contributed by atoms with Crippen molar-refractivity contribution in [2.24, 2.45) is 5.92 Å². The second-order valence-corrected chi connectivity index (χ2v) is 5.47. The minimum absolute atomic E-state index is 0.0518. The highest BCUT2D eigenvalue weighted by Crippen LogP contribution is 2.06. The van der Waals surface area contributed by atoms with Gasteiger partial charge in [0.1, 0.15) is 0 Å². The van der Waals surface area contributed by atoms with Crippen molar-refractivity contribution in [2.75, 3.05) is 13.1 Å². The molecule has 2 amide bonds. The predicted molar refractivity (Wildman–Crippen MR) is 80.4 cm³/mol. The van der Waals surface area contributed by atoms with Crippen molar-refractivity contribution in [3.05, 3.63) is 35.4 Å². The van der Waals surface area contributed by atoms with Gasteiger partial charge in [0.15, 0.2) is 0 Å².